The monoisotopic (exact) mass is 425 g/mol. The lowest BCUT2D eigenvalue weighted by Crippen LogP contribution is -2.11. The van der Waals surface area contributed by atoms with E-state index in [1.54, 1.807) is 0 Å². The van der Waals surface area contributed by atoms with Crippen LogP contribution in [0.4, 0.5) is 5.69 Å². The number of amides is 1. The van der Waals surface area contributed by atoms with Gasteiger partial charge in [-0.1, -0.05) is 41.9 Å². The molecule has 1 N–H and O–H groups in total. The molecule has 1 amide bonds. The number of halogens is 1. The number of benzene rings is 2. The number of anilines is 1. The minimum Gasteiger partial charge on any atom is -0.492 e. The van der Waals surface area contributed by atoms with Crippen LogP contribution in [0.2, 0.25) is 5.02 Å². The Bertz CT molecular complexity index is 1180. The first-order valence-electron chi connectivity index (χ1n) is 9.30. The minimum atomic E-state index is -0.165. The first-order valence-corrected chi connectivity index (χ1v) is 10.5. The average molecular weight is 426 g/mol. The Morgan fingerprint density at radius 2 is 1.97 bits per heavy atom. The molecule has 2 heterocycles. The molecule has 0 bridgehead atoms. The summed E-state index contributed by atoms with van der Waals surface area (Å²) >= 11 is 7.73. The highest BCUT2D eigenvalue weighted by Gasteiger charge is 2.18. The summed E-state index contributed by atoms with van der Waals surface area (Å²) in [6.07, 6.45) is 0. The van der Waals surface area contributed by atoms with E-state index in [9.17, 15) is 4.79 Å². The van der Waals surface area contributed by atoms with Gasteiger partial charge in [0.1, 0.15) is 10.6 Å². The van der Waals surface area contributed by atoms with Gasteiger partial charge in [0, 0.05) is 10.4 Å². The number of thiophene rings is 1. The largest absolute Gasteiger partial charge is 0.492 e. The summed E-state index contributed by atoms with van der Waals surface area (Å²) in [5.41, 5.74) is 2.53. The number of hydrogen-bond acceptors (Lipinski definition) is 4. The number of nitrogens with one attached hydrogen (secondary N) is 1. The molecule has 0 fully saturated rings. The second kappa shape index (κ2) is 8.27. The summed E-state index contributed by atoms with van der Waals surface area (Å²) in [6, 6.07) is 17.0. The third kappa shape index (κ3) is 3.99. The Labute approximate surface area is 177 Å². The van der Waals surface area contributed by atoms with E-state index in [0.29, 0.717) is 34.5 Å². The number of nitrogens with zero attached hydrogens (tertiary/aromatic N) is 2. The molecule has 0 aliphatic heterocycles. The molecule has 0 aliphatic rings. The SMILES string of the molecule is CCOc1ccccc1NC(=O)c1cc2c(C)nn(Cc3ccccc3Cl)c2s1. The number of carbonyl (C=O) groups excluding carboxylic acids is 1. The van der Waals surface area contributed by atoms with Gasteiger partial charge in [-0.05, 0) is 43.7 Å². The third-order valence-electron chi connectivity index (χ3n) is 4.54. The zero-order valence-electron chi connectivity index (χ0n) is 16.1. The Morgan fingerprint density at radius 3 is 2.76 bits per heavy atom. The molecule has 0 saturated heterocycles. The second-order valence-corrected chi connectivity index (χ2v) is 7.99. The Morgan fingerprint density at radius 1 is 1.21 bits per heavy atom. The summed E-state index contributed by atoms with van der Waals surface area (Å²) in [5, 5.41) is 9.26. The summed E-state index contributed by atoms with van der Waals surface area (Å²) in [5.74, 6) is 0.493. The molecule has 0 unspecified atom stereocenters. The van der Waals surface area contributed by atoms with Gasteiger partial charge in [-0.2, -0.15) is 5.10 Å². The van der Waals surface area contributed by atoms with Crippen LogP contribution in [0.5, 0.6) is 5.75 Å². The Kier molecular flexibility index (Phi) is 5.56. The second-order valence-electron chi connectivity index (χ2n) is 6.55. The van der Waals surface area contributed by atoms with E-state index in [1.165, 1.54) is 11.3 Å². The van der Waals surface area contributed by atoms with Gasteiger partial charge in [0.2, 0.25) is 0 Å². The molecular formula is C22H20ClN3O2S. The molecule has 0 saturated carbocycles. The van der Waals surface area contributed by atoms with Crippen LogP contribution in [-0.2, 0) is 6.54 Å². The zero-order valence-corrected chi connectivity index (χ0v) is 17.7. The fourth-order valence-corrected chi connectivity index (χ4v) is 4.41. The van der Waals surface area contributed by atoms with Crippen molar-refractivity contribution in [2.24, 2.45) is 0 Å². The van der Waals surface area contributed by atoms with Gasteiger partial charge < -0.3 is 10.1 Å². The summed E-state index contributed by atoms with van der Waals surface area (Å²) in [7, 11) is 0. The predicted molar refractivity (Wildman–Crippen MR) is 118 cm³/mol. The van der Waals surface area contributed by atoms with Crippen molar-refractivity contribution in [3.63, 3.8) is 0 Å². The van der Waals surface area contributed by atoms with E-state index in [4.69, 9.17) is 16.3 Å². The molecule has 29 heavy (non-hydrogen) atoms. The number of aromatic nitrogens is 2. The van der Waals surface area contributed by atoms with Crippen LogP contribution >= 0.6 is 22.9 Å². The number of hydrogen-bond donors (Lipinski definition) is 1. The van der Waals surface area contributed by atoms with E-state index in [2.05, 4.69) is 10.4 Å². The van der Waals surface area contributed by atoms with Gasteiger partial charge >= 0.3 is 0 Å². The molecule has 2 aromatic carbocycles. The van der Waals surface area contributed by atoms with Crippen molar-refractivity contribution in [3.8, 4) is 5.75 Å². The fourth-order valence-electron chi connectivity index (χ4n) is 3.15. The number of carbonyl (C=O) groups is 1. The molecular weight excluding hydrogens is 406 g/mol. The van der Waals surface area contributed by atoms with Crippen molar-refractivity contribution in [1.29, 1.82) is 0 Å². The van der Waals surface area contributed by atoms with Crippen molar-refractivity contribution in [3.05, 3.63) is 75.8 Å². The van der Waals surface area contributed by atoms with Crippen LogP contribution in [0.15, 0.2) is 54.6 Å². The number of ether oxygens (including phenoxy) is 1. The van der Waals surface area contributed by atoms with E-state index < -0.39 is 0 Å². The highest BCUT2D eigenvalue weighted by atomic mass is 35.5. The fraction of sp³-hybridized carbons (Fsp3) is 0.182. The number of fused-ring (bicyclic) bond motifs is 1. The maximum Gasteiger partial charge on any atom is 0.265 e. The third-order valence-corrected chi connectivity index (χ3v) is 6.06. The molecule has 0 atom stereocenters. The Hall–Kier alpha value is -2.83. The smallest absolute Gasteiger partial charge is 0.265 e. The molecule has 148 valence electrons. The van der Waals surface area contributed by atoms with Crippen molar-refractivity contribution in [2.45, 2.75) is 20.4 Å². The van der Waals surface area contributed by atoms with Gasteiger partial charge in [0.25, 0.3) is 5.91 Å². The first-order chi connectivity index (χ1) is 14.1. The molecule has 0 radical (unpaired) electrons. The van der Waals surface area contributed by atoms with Gasteiger partial charge in [-0.15, -0.1) is 11.3 Å². The summed E-state index contributed by atoms with van der Waals surface area (Å²) in [4.78, 5) is 14.4. The lowest BCUT2D eigenvalue weighted by molar-refractivity contribution is 0.103. The van der Waals surface area contributed by atoms with Gasteiger partial charge in [0.05, 0.1) is 29.4 Å². The van der Waals surface area contributed by atoms with Crippen LogP contribution in [0.25, 0.3) is 10.2 Å². The lowest BCUT2D eigenvalue weighted by atomic mass is 10.2. The van der Waals surface area contributed by atoms with Crippen LogP contribution in [0.3, 0.4) is 0 Å². The normalized spacial score (nSPS) is 11.0. The van der Waals surface area contributed by atoms with Crippen molar-refractivity contribution >= 4 is 44.7 Å². The number of rotatable bonds is 6. The van der Waals surface area contributed by atoms with Gasteiger partial charge in [-0.3, -0.25) is 9.48 Å². The van der Waals surface area contributed by atoms with Crippen LogP contribution in [0, 0.1) is 6.92 Å². The quantitative estimate of drug-likeness (QED) is 0.427. The average Bonchev–Trinajstić information content (AvgIpc) is 3.27. The topological polar surface area (TPSA) is 56.1 Å². The Balaban J connectivity index is 1.63. The number of para-hydroxylation sites is 2. The zero-order chi connectivity index (χ0) is 20.4. The minimum absolute atomic E-state index is 0.165. The van der Waals surface area contributed by atoms with Crippen LogP contribution in [0.1, 0.15) is 27.9 Å². The molecule has 4 aromatic rings. The van der Waals surface area contributed by atoms with Crippen molar-refractivity contribution in [1.82, 2.24) is 9.78 Å². The summed E-state index contributed by atoms with van der Waals surface area (Å²) in [6.45, 7) is 4.95. The highest BCUT2D eigenvalue weighted by molar-refractivity contribution is 7.20. The van der Waals surface area contributed by atoms with Crippen LogP contribution in [-0.4, -0.2) is 22.3 Å². The van der Waals surface area contributed by atoms with Crippen molar-refractivity contribution in [2.75, 3.05) is 11.9 Å². The van der Waals surface area contributed by atoms with E-state index in [0.717, 1.165) is 21.5 Å². The molecule has 5 nitrogen and oxygen atoms in total. The van der Waals surface area contributed by atoms with Gasteiger partial charge in [0.15, 0.2) is 0 Å². The van der Waals surface area contributed by atoms with E-state index in [1.807, 2.05) is 73.1 Å². The molecule has 7 heteroatoms. The predicted octanol–water partition coefficient (Wildman–Crippen LogP) is 5.76. The molecule has 0 spiro atoms. The van der Waals surface area contributed by atoms with E-state index in [-0.39, 0.29) is 5.91 Å². The molecule has 4 rings (SSSR count). The van der Waals surface area contributed by atoms with Gasteiger partial charge in [-0.25, -0.2) is 0 Å². The molecule has 0 aliphatic carbocycles. The number of aryl methyl sites for hydroxylation is 1. The maximum atomic E-state index is 12.9. The standard InChI is InChI=1S/C22H20ClN3O2S/c1-3-28-19-11-7-6-10-18(19)24-21(27)20-12-16-14(2)25-26(22(16)29-20)13-15-8-4-5-9-17(15)23/h4-12H,3,13H2,1-2H3,(H,24,27). The van der Waals surface area contributed by atoms with Crippen molar-refractivity contribution < 1.29 is 9.53 Å². The lowest BCUT2D eigenvalue weighted by Gasteiger charge is -2.10. The summed E-state index contributed by atoms with van der Waals surface area (Å²) < 4.78 is 7.50. The molecule has 2 aromatic heterocycles. The van der Waals surface area contributed by atoms with E-state index >= 15 is 0 Å². The van der Waals surface area contributed by atoms with Crippen LogP contribution < -0.4 is 10.1 Å². The first kappa shape index (κ1) is 19.5. The maximum absolute atomic E-state index is 12.9. The highest BCUT2D eigenvalue weighted by Crippen LogP contribution is 2.31.